The van der Waals surface area contributed by atoms with Gasteiger partial charge < -0.3 is 4.42 Å². The summed E-state index contributed by atoms with van der Waals surface area (Å²) >= 11 is 0. The van der Waals surface area contributed by atoms with E-state index in [1.165, 1.54) is 0 Å². The maximum atomic E-state index is 4.92. The van der Waals surface area contributed by atoms with Crippen LogP contribution >= 0.6 is 0 Å². The molecule has 62 valence electrons. The Morgan fingerprint density at radius 3 is 2.75 bits per heavy atom. The lowest BCUT2D eigenvalue weighted by molar-refractivity contribution is 0.125. The van der Waals surface area contributed by atoms with Crippen LogP contribution in [0.15, 0.2) is 36.4 Å². The van der Waals surface area contributed by atoms with E-state index in [1.54, 1.807) is 6.08 Å². The topological polar surface area (TPSA) is 11.3 Å². The van der Waals surface area contributed by atoms with Crippen LogP contribution in [0.1, 0.15) is 12.5 Å². The molecular formula is C11H12O. The Morgan fingerprint density at radius 2 is 2.08 bits per heavy atom. The molecule has 0 amide bonds. The van der Waals surface area contributed by atoms with Gasteiger partial charge in [0.05, 0.1) is 0 Å². The van der Waals surface area contributed by atoms with E-state index in [1.807, 2.05) is 43.3 Å². The Bertz CT molecular complexity index is 260. The molecule has 0 unspecified atom stereocenters. The Morgan fingerprint density at radius 1 is 1.33 bits per heavy atom. The van der Waals surface area contributed by atoms with E-state index < -0.39 is 0 Å². The summed E-state index contributed by atoms with van der Waals surface area (Å²) in [6.07, 6.45) is 6.43. The van der Waals surface area contributed by atoms with Crippen molar-refractivity contribution in [3.8, 4) is 0 Å². The quantitative estimate of drug-likeness (QED) is 0.365. The lowest BCUT2D eigenvalue weighted by Gasteiger charge is -1.92. The summed E-state index contributed by atoms with van der Waals surface area (Å²) in [5.74, 6) is 0. The lowest BCUT2D eigenvalue weighted by atomic mass is 10.2. The molecule has 0 atom stereocenters. The van der Waals surface area contributed by atoms with Gasteiger partial charge in [-0.2, -0.15) is 6.08 Å². The van der Waals surface area contributed by atoms with Crippen LogP contribution in [0.2, 0.25) is 0 Å². The van der Waals surface area contributed by atoms with Gasteiger partial charge in [-0.05, 0) is 0 Å². The average Bonchev–Trinajstić information content (AvgIpc) is 2.14. The average molecular weight is 160 g/mol. The fraction of sp³-hybridized carbons (Fsp3) is 0.182. The van der Waals surface area contributed by atoms with Crippen molar-refractivity contribution in [1.82, 2.24) is 0 Å². The molecule has 1 heteroatoms. The summed E-state index contributed by atoms with van der Waals surface area (Å²) in [6.45, 7) is 2.60. The van der Waals surface area contributed by atoms with E-state index in [4.69, 9.17) is 4.42 Å². The summed E-state index contributed by atoms with van der Waals surface area (Å²) in [6, 6.07) is 10.1. The molecular weight excluding hydrogens is 148 g/mol. The predicted molar refractivity (Wildman–Crippen MR) is 51.7 cm³/mol. The van der Waals surface area contributed by atoms with Crippen LogP contribution < -0.4 is 0 Å². The Hall–Kier alpha value is -1.37. The van der Waals surface area contributed by atoms with Crippen LogP contribution in [0, 0.1) is 0 Å². The normalized spacial score (nSPS) is 11.4. The third-order valence-electron chi connectivity index (χ3n) is 1.37. The molecule has 1 nitrogen and oxygen atoms in total. The molecule has 0 radical (unpaired) electrons. The highest BCUT2D eigenvalue weighted by atomic mass is 16.4. The molecule has 12 heavy (non-hydrogen) atoms. The summed E-state index contributed by atoms with van der Waals surface area (Å²) in [5.41, 5.74) is 1.16. The van der Waals surface area contributed by atoms with Crippen molar-refractivity contribution in [2.75, 3.05) is 6.61 Å². The van der Waals surface area contributed by atoms with Crippen LogP contribution in [0.5, 0.6) is 0 Å². The molecule has 0 fully saturated rings. The van der Waals surface area contributed by atoms with Gasteiger partial charge in [0.2, 0.25) is 12.9 Å². The first kappa shape index (κ1) is 8.72. The van der Waals surface area contributed by atoms with Gasteiger partial charge in [0, 0.05) is 6.92 Å². The molecule has 0 saturated carbocycles. The van der Waals surface area contributed by atoms with Crippen LogP contribution in [-0.4, -0.2) is 12.9 Å². The van der Waals surface area contributed by atoms with Crippen LogP contribution in [0.4, 0.5) is 0 Å². The van der Waals surface area contributed by atoms with Gasteiger partial charge in [0.1, 0.15) is 0 Å². The summed E-state index contributed by atoms with van der Waals surface area (Å²) < 4.78 is 4.92. The fourth-order valence-electron chi connectivity index (χ4n) is 0.826. The van der Waals surface area contributed by atoms with Crippen molar-refractivity contribution in [3.63, 3.8) is 0 Å². The molecule has 0 saturated heterocycles. The fourth-order valence-corrected chi connectivity index (χ4v) is 0.826. The highest BCUT2D eigenvalue weighted by Crippen LogP contribution is 1.99. The summed E-state index contributed by atoms with van der Waals surface area (Å²) in [5, 5.41) is 0. The minimum atomic E-state index is 0.666. The minimum Gasteiger partial charge on any atom is -0.353 e. The SMILES string of the molecule is CC[O+]=[C-]/C=C/c1ccccc1. The van der Waals surface area contributed by atoms with Gasteiger partial charge in [-0.1, -0.05) is 30.3 Å². The van der Waals surface area contributed by atoms with Crippen molar-refractivity contribution in [2.24, 2.45) is 0 Å². The molecule has 1 aromatic rings. The molecule has 0 spiro atoms. The van der Waals surface area contributed by atoms with E-state index in [-0.39, 0.29) is 0 Å². The summed E-state index contributed by atoms with van der Waals surface area (Å²) in [4.78, 5) is 0. The van der Waals surface area contributed by atoms with Gasteiger partial charge in [-0.3, -0.25) is 0 Å². The van der Waals surface area contributed by atoms with E-state index in [0.29, 0.717) is 6.61 Å². The second-order valence-corrected chi connectivity index (χ2v) is 2.29. The van der Waals surface area contributed by atoms with Crippen LogP contribution in [0.3, 0.4) is 0 Å². The molecule has 0 N–H and O–H groups in total. The van der Waals surface area contributed by atoms with Gasteiger partial charge in [-0.15, -0.1) is 11.6 Å². The molecule has 1 rings (SSSR count). The minimum absolute atomic E-state index is 0.666. The first-order valence-electron chi connectivity index (χ1n) is 4.02. The summed E-state index contributed by atoms with van der Waals surface area (Å²) in [7, 11) is 0. The number of hydrogen-bond acceptors (Lipinski definition) is 0. The molecule has 0 heterocycles. The molecule has 0 bridgehead atoms. The number of allylic oxidation sites excluding steroid dienone is 1. The second-order valence-electron chi connectivity index (χ2n) is 2.29. The van der Waals surface area contributed by atoms with Crippen molar-refractivity contribution >= 4 is 12.4 Å². The van der Waals surface area contributed by atoms with Crippen LogP contribution in [-0.2, 0) is 4.42 Å². The number of benzene rings is 1. The molecule has 0 aliphatic rings. The smallest absolute Gasteiger partial charge is 0.236 e. The van der Waals surface area contributed by atoms with Gasteiger partial charge in [0.25, 0.3) is 0 Å². The third kappa shape index (κ3) is 3.15. The largest absolute Gasteiger partial charge is 0.353 e. The van der Waals surface area contributed by atoms with Crippen molar-refractivity contribution in [2.45, 2.75) is 6.92 Å². The highest BCUT2D eigenvalue weighted by molar-refractivity contribution is 5.74. The number of carbonyl (C=O) groups excluding carboxylic acids is 1. The van der Waals surface area contributed by atoms with Crippen LogP contribution in [0.25, 0.3) is 6.08 Å². The zero-order valence-electron chi connectivity index (χ0n) is 7.16. The van der Waals surface area contributed by atoms with E-state index in [9.17, 15) is 0 Å². The molecule has 1 aromatic carbocycles. The van der Waals surface area contributed by atoms with Crippen molar-refractivity contribution < 1.29 is 4.42 Å². The Kier molecular flexibility index (Phi) is 3.86. The van der Waals surface area contributed by atoms with Crippen molar-refractivity contribution in [3.05, 3.63) is 42.0 Å². The molecule has 0 aromatic heterocycles. The van der Waals surface area contributed by atoms with Gasteiger partial charge >= 0.3 is 0 Å². The zero-order chi connectivity index (χ0) is 8.65. The number of hydrogen-bond donors (Lipinski definition) is 0. The van der Waals surface area contributed by atoms with Gasteiger partial charge in [-0.25, -0.2) is 0 Å². The van der Waals surface area contributed by atoms with Gasteiger partial charge in [0.15, 0.2) is 0 Å². The zero-order valence-corrected chi connectivity index (χ0v) is 7.16. The molecule has 0 aliphatic carbocycles. The third-order valence-corrected chi connectivity index (χ3v) is 1.37. The lowest BCUT2D eigenvalue weighted by Crippen LogP contribution is -1.76. The maximum absolute atomic E-state index is 4.92. The number of rotatable bonds is 3. The van der Waals surface area contributed by atoms with E-state index in [0.717, 1.165) is 5.56 Å². The Balaban J connectivity index is 2.52. The first-order valence-corrected chi connectivity index (χ1v) is 4.02. The van der Waals surface area contributed by atoms with E-state index >= 15 is 0 Å². The first-order chi connectivity index (χ1) is 5.93. The second kappa shape index (κ2) is 5.30. The van der Waals surface area contributed by atoms with Crippen molar-refractivity contribution in [1.29, 1.82) is 0 Å². The standard InChI is InChI=1S/C11H12O/c1-2-12-10-6-9-11-7-4-3-5-8-11/h3-9H,2H2,1H3/b9-6+. The predicted octanol–water partition coefficient (Wildman–Crippen LogP) is 2.37. The Labute approximate surface area is 73.0 Å². The highest BCUT2D eigenvalue weighted by Gasteiger charge is 1.75. The van der Waals surface area contributed by atoms with E-state index in [2.05, 4.69) is 6.29 Å². The maximum Gasteiger partial charge on any atom is 0.236 e. The monoisotopic (exact) mass is 160 g/mol. The molecule has 0 aliphatic heterocycles.